The Morgan fingerprint density at radius 2 is 1.89 bits per heavy atom. The van der Waals surface area contributed by atoms with Gasteiger partial charge in [0.1, 0.15) is 0 Å². The van der Waals surface area contributed by atoms with Crippen molar-refractivity contribution in [2.75, 3.05) is 63.8 Å². The van der Waals surface area contributed by atoms with Crippen LogP contribution in [0.25, 0.3) is 11.3 Å². The predicted octanol–water partition coefficient (Wildman–Crippen LogP) is 4.50. The van der Waals surface area contributed by atoms with Crippen molar-refractivity contribution in [3.63, 3.8) is 0 Å². The van der Waals surface area contributed by atoms with E-state index >= 15 is 0 Å². The van der Waals surface area contributed by atoms with Crippen LogP contribution in [0, 0.1) is 0 Å². The van der Waals surface area contributed by atoms with Crippen LogP contribution in [-0.4, -0.2) is 68.4 Å². The van der Waals surface area contributed by atoms with Gasteiger partial charge >= 0.3 is 0 Å². The maximum atomic E-state index is 6.04. The summed E-state index contributed by atoms with van der Waals surface area (Å²) in [5, 5.41) is 3.38. The van der Waals surface area contributed by atoms with Crippen LogP contribution in [0.3, 0.4) is 0 Å². The zero-order valence-electron chi connectivity index (χ0n) is 20.9. The fourth-order valence-electron chi connectivity index (χ4n) is 4.45. The number of nitrogens with one attached hydrogen (secondary N) is 1. The molecule has 3 heterocycles. The van der Waals surface area contributed by atoms with Crippen LogP contribution >= 0.6 is 0 Å². The van der Waals surface area contributed by atoms with Crippen LogP contribution in [0.2, 0.25) is 0 Å². The van der Waals surface area contributed by atoms with Gasteiger partial charge in [-0.2, -0.15) is 0 Å². The molecule has 0 amide bonds. The Balaban J connectivity index is 1.47. The number of fused-ring (bicyclic) bond motifs is 7. The van der Waals surface area contributed by atoms with Gasteiger partial charge in [0.25, 0.3) is 0 Å². The molecule has 1 saturated heterocycles. The molecule has 6 bridgehead atoms. The monoisotopic (exact) mass is 487 g/mol. The number of benzene rings is 2. The molecule has 2 aliphatic heterocycles. The molecular weight excluding hydrogens is 454 g/mol. The fourth-order valence-corrected chi connectivity index (χ4v) is 4.45. The molecule has 0 saturated carbocycles. The minimum atomic E-state index is 0.528. The van der Waals surface area contributed by atoms with E-state index in [2.05, 4.69) is 57.5 Å². The number of aromatic nitrogens is 2. The van der Waals surface area contributed by atoms with Crippen molar-refractivity contribution in [2.45, 2.75) is 13.0 Å². The molecule has 5 rings (SSSR count). The van der Waals surface area contributed by atoms with Gasteiger partial charge in [-0.3, -0.25) is 0 Å². The minimum absolute atomic E-state index is 0.528. The SMILES string of the molecule is COc1ccc2cc1OCC/C=C/COCc1cc(ccc1N1CCN(C)CC1)Nc1nccc-2n1. The maximum Gasteiger partial charge on any atom is 0.227 e. The molecular formula is C28H33N5O3. The summed E-state index contributed by atoms with van der Waals surface area (Å²) in [6, 6.07) is 14.2. The van der Waals surface area contributed by atoms with Crippen molar-refractivity contribution < 1.29 is 14.2 Å². The van der Waals surface area contributed by atoms with E-state index in [4.69, 9.17) is 19.2 Å². The lowest BCUT2D eigenvalue weighted by Gasteiger charge is -2.35. The second-order valence-electron chi connectivity index (χ2n) is 9.01. The number of hydrogen-bond donors (Lipinski definition) is 1. The molecule has 8 heteroatoms. The molecule has 0 aliphatic carbocycles. The van der Waals surface area contributed by atoms with Gasteiger partial charge in [0, 0.05) is 54.9 Å². The predicted molar refractivity (Wildman–Crippen MR) is 142 cm³/mol. The maximum absolute atomic E-state index is 6.04. The van der Waals surface area contributed by atoms with E-state index in [1.807, 2.05) is 24.3 Å². The van der Waals surface area contributed by atoms with Gasteiger partial charge < -0.3 is 29.3 Å². The molecule has 188 valence electrons. The molecule has 0 unspecified atom stereocenters. The average Bonchev–Trinajstić information content (AvgIpc) is 2.90. The summed E-state index contributed by atoms with van der Waals surface area (Å²) in [7, 11) is 3.82. The lowest BCUT2D eigenvalue weighted by atomic mass is 10.1. The van der Waals surface area contributed by atoms with Crippen LogP contribution in [-0.2, 0) is 11.3 Å². The van der Waals surface area contributed by atoms with E-state index in [0.717, 1.165) is 55.1 Å². The first kappa shape index (κ1) is 24.1. The van der Waals surface area contributed by atoms with E-state index in [-0.39, 0.29) is 0 Å². The highest BCUT2D eigenvalue weighted by Gasteiger charge is 2.18. The average molecular weight is 488 g/mol. The topological polar surface area (TPSA) is 72.0 Å². The molecule has 8 nitrogen and oxygen atoms in total. The van der Waals surface area contributed by atoms with Crippen LogP contribution in [0.4, 0.5) is 17.3 Å². The molecule has 3 aromatic rings. The highest BCUT2D eigenvalue weighted by Crippen LogP contribution is 2.33. The lowest BCUT2D eigenvalue weighted by Crippen LogP contribution is -2.44. The molecule has 0 atom stereocenters. The van der Waals surface area contributed by atoms with E-state index in [0.29, 0.717) is 37.3 Å². The first-order valence-electron chi connectivity index (χ1n) is 12.4. The zero-order chi connectivity index (χ0) is 24.7. The summed E-state index contributed by atoms with van der Waals surface area (Å²) in [4.78, 5) is 14.0. The van der Waals surface area contributed by atoms with Crippen LogP contribution < -0.4 is 19.7 Å². The van der Waals surface area contributed by atoms with E-state index in [1.54, 1.807) is 13.3 Å². The Hall–Kier alpha value is -3.62. The van der Waals surface area contributed by atoms with Gasteiger partial charge in [-0.25, -0.2) is 9.97 Å². The molecule has 0 radical (unpaired) electrons. The highest BCUT2D eigenvalue weighted by atomic mass is 16.5. The zero-order valence-corrected chi connectivity index (χ0v) is 20.9. The summed E-state index contributed by atoms with van der Waals surface area (Å²) < 4.78 is 17.6. The fraction of sp³-hybridized carbons (Fsp3) is 0.357. The Morgan fingerprint density at radius 1 is 1.00 bits per heavy atom. The summed E-state index contributed by atoms with van der Waals surface area (Å²) >= 11 is 0. The van der Waals surface area contributed by atoms with Crippen molar-refractivity contribution in [1.82, 2.24) is 14.9 Å². The second kappa shape index (κ2) is 11.4. The quantitative estimate of drug-likeness (QED) is 0.530. The number of ether oxygens (including phenoxy) is 3. The summed E-state index contributed by atoms with van der Waals surface area (Å²) in [6.07, 6.45) is 6.69. The molecule has 2 aromatic carbocycles. The van der Waals surface area contributed by atoms with E-state index in [1.165, 1.54) is 5.69 Å². The van der Waals surface area contributed by atoms with E-state index < -0.39 is 0 Å². The van der Waals surface area contributed by atoms with Crippen molar-refractivity contribution >= 4 is 17.3 Å². The van der Waals surface area contributed by atoms with E-state index in [9.17, 15) is 0 Å². The van der Waals surface area contributed by atoms with Crippen molar-refractivity contribution in [3.8, 4) is 22.8 Å². The normalized spacial score (nSPS) is 17.8. The second-order valence-corrected chi connectivity index (χ2v) is 9.01. The molecule has 1 fully saturated rings. The van der Waals surface area contributed by atoms with Crippen molar-refractivity contribution in [1.29, 1.82) is 0 Å². The van der Waals surface area contributed by atoms with Gasteiger partial charge in [0.2, 0.25) is 5.95 Å². The minimum Gasteiger partial charge on any atom is -0.493 e. The number of anilines is 3. The van der Waals surface area contributed by atoms with Gasteiger partial charge in [0.15, 0.2) is 11.5 Å². The Kier molecular flexibility index (Phi) is 7.64. The Labute approximate surface area is 212 Å². The highest BCUT2D eigenvalue weighted by molar-refractivity contribution is 5.67. The Bertz CT molecular complexity index is 1210. The molecule has 2 aliphatic rings. The standard InChI is InChI=1S/C28H33N5O3/c1-32-12-14-33(15-13-32)25-8-7-23-18-22(25)20-35-16-4-3-5-17-36-27-19-21(6-9-26(27)34-2)24-10-11-29-28(30-23)31-24/h3-4,6-11,18-19H,5,12-17,20H2,1-2H3,(H,29,30,31)/b4-3+. The van der Waals surface area contributed by atoms with Crippen LogP contribution in [0.5, 0.6) is 11.5 Å². The number of rotatable bonds is 2. The van der Waals surface area contributed by atoms with Gasteiger partial charge in [-0.15, -0.1) is 0 Å². The lowest BCUT2D eigenvalue weighted by molar-refractivity contribution is 0.148. The van der Waals surface area contributed by atoms with Gasteiger partial charge in [-0.1, -0.05) is 12.2 Å². The molecule has 1 N–H and O–H groups in total. The summed E-state index contributed by atoms with van der Waals surface area (Å²) in [5.74, 6) is 1.92. The Morgan fingerprint density at radius 3 is 2.75 bits per heavy atom. The third-order valence-corrected chi connectivity index (χ3v) is 6.47. The van der Waals surface area contributed by atoms with Crippen molar-refractivity contribution in [3.05, 3.63) is 66.4 Å². The number of hydrogen-bond acceptors (Lipinski definition) is 8. The van der Waals surface area contributed by atoms with Crippen LogP contribution in [0.1, 0.15) is 12.0 Å². The van der Waals surface area contributed by atoms with Crippen molar-refractivity contribution in [2.24, 2.45) is 0 Å². The first-order chi connectivity index (χ1) is 17.7. The molecule has 36 heavy (non-hydrogen) atoms. The molecule has 0 spiro atoms. The largest absolute Gasteiger partial charge is 0.493 e. The summed E-state index contributed by atoms with van der Waals surface area (Å²) in [6.45, 7) is 5.74. The number of piperazine rings is 1. The summed E-state index contributed by atoms with van der Waals surface area (Å²) in [5.41, 5.74) is 5.05. The number of nitrogens with zero attached hydrogens (tertiary/aromatic N) is 4. The number of methoxy groups -OCH3 is 1. The van der Waals surface area contributed by atoms with Crippen LogP contribution in [0.15, 0.2) is 60.8 Å². The third kappa shape index (κ3) is 5.78. The van der Waals surface area contributed by atoms with Gasteiger partial charge in [0.05, 0.1) is 32.6 Å². The smallest absolute Gasteiger partial charge is 0.227 e. The van der Waals surface area contributed by atoms with Gasteiger partial charge in [-0.05, 0) is 55.9 Å². The third-order valence-electron chi connectivity index (χ3n) is 6.47. The number of likely N-dealkylation sites (N-methyl/N-ethyl adjacent to an activating group) is 1. The molecule has 1 aromatic heterocycles. The first-order valence-corrected chi connectivity index (χ1v) is 12.4.